The lowest BCUT2D eigenvalue weighted by Gasteiger charge is -2.22. The van der Waals surface area contributed by atoms with Gasteiger partial charge in [0.05, 0.1) is 10.6 Å². The van der Waals surface area contributed by atoms with E-state index in [4.69, 9.17) is 4.74 Å². The van der Waals surface area contributed by atoms with E-state index in [-0.39, 0.29) is 23.5 Å². The molecule has 2 aromatic rings. The summed E-state index contributed by atoms with van der Waals surface area (Å²) >= 11 is 3.16. The van der Waals surface area contributed by atoms with Crippen LogP contribution < -0.4 is 10.1 Å². The zero-order chi connectivity index (χ0) is 17.8. The van der Waals surface area contributed by atoms with E-state index in [2.05, 4.69) is 31.2 Å². The molecule has 9 heteroatoms. The third-order valence-electron chi connectivity index (χ3n) is 3.99. The van der Waals surface area contributed by atoms with Crippen molar-refractivity contribution in [2.24, 2.45) is 0 Å². The SMILES string of the molecule is O=[N+]([O-])c1c(Nc2ccc(Br)cc2F)ncnc1OC1CCCCC1. The highest BCUT2D eigenvalue weighted by Gasteiger charge is 2.28. The molecule has 0 bridgehead atoms. The number of hydrogen-bond acceptors (Lipinski definition) is 6. The van der Waals surface area contributed by atoms with Crippen LogP contribution in [0.25, 0.3) is 0 Å². The fourth-order valence-corrected chi connectivity index (χ4v) is 3.10. The molecule has 1 aromatic heterocycles. The number of nitrogens with one attached hydrogen (secondary N) is 1. The standard InChI is InChI=1S/C16H16BrFN4O3/c17-10-6-7-13(12(18)8-10)21-15-14(22(23)24)16(20-9-19-15)25-11-4-2-1-3-5-11/h6-9,11H,1-5H2,(H,19,20,21). The van der Waals surface area contributed by atoms with Crippen LogP contribution in [0.15, 0.2) is 29.0 Å². The topological polar surface area (TPSA) is 90.2 Å². The summed E-state index contributed by atoms with van der Waals surface area (Å²) in [6, 6.07) is 4.35. The fourth-order valence-electron chi connectivity index (χ4n) is 2.76. The smallest absolute Gasteiger partial charge is 0.373 e. The minimum absolute atomic E-state index is 0.0774. The van der Waals surface area contributed by atoms with Gasteiger partial charge in [0.1, 0.15) is 18.2 Å². The Morgan fingerprint density at radius 1 is 1.28 bits per heavy atom. The van der Waals surface area contributed by atoms with E-state index in [1.165, 1.54) is 18.5 Å². The average Bonchev–Trinajstić information content (AvgIpc) is 2.58. The van der Waals surface area contributed by atoms with E-state index in [1.807, 2.05) is 0 Å². The van der Waals surface area contributed by atoms with Gasteiger partial charge in [0, 0.05) is 4.47 Å². The first-order valence-electron chi connectivity index (χ1n) is 7.92. The highest BCUT2D eigenvalue weighted by molar-refractivity contribution is 9.10. The normalized spacial score (nSPS) is 15.0. The predicted molar refractivity (Wildman–Crippen MR) is 93.6 cm³/mol. The zero-order valence-corrected chi connectivity index (χ0v) is 14.8. The van der Waals surface area contributed by atoms with Crippen LogP contribution in [0.5, 0.6) is 5.88 Å². The fraction of sp³-hybridized carbons (Fsp3) is 0.375. The van der Waals surface area contributed by atoms with Crippen molar-refractivity contribution in [3.8, 4) is 5.88 Å². The number of benzene rings is 1. The van der Waals surface area contributed by atoms with Gasteiger partial charge in [-0.05, 0) is 43.9 Å². The van der Waals surface area contributed by atoms with Gasteiger partial charge in [-0.1, -0.05) is 22.4 Å². The quantitative estimate of drug-likeness (QED) is 0.565. The van der Waals surface area contributed by atoms with Gasteiger partial charge in [-0.2, -0.15) is 4.98 Å². The van der Waals surface area contributed by atoms with Gasteiger partial charge < -0.3 is 10.1 Å². The number of hydrogen-bond donors (Lipinski definition) is 1. The van der Waals surface area contributed by atoms with Gasteiger partial charge in [0.2, 0.25) is 5.82 Å². The van der Waals surface area contributed by atoms with Crippen LogP contribution in [0.2, 0.25) is 0 Å². The molecule has 1 aliphatic carbocycles. The summed E-state index contributed by atoms with van der Waals surface area (Å²) in [5.41, 5.74) is -0.316. The third-order valence-corrected chi connectivity index (χ3v) is 4.48. The highest BCUT2D eigenvalue weighted by atomic mass is 79.9. The van der Waals surface area contributed by atoms with Gasteiger partial charge >= 0.3 is 5.69 Å². The number of aromatic nitrogens is 2. The maximum atomic E-state index is 14.0. The number of nitrogens with zero attached hydrogens (tertiary/aromatic N) is 3. The van der Waals surface area contributed by atoms with Crippen LogP contribution in [-0.2, 0) is 0 Å². The summed E-state index contributed by atoms with van der Waals surface area (Å²) in [5.74, 6) is -0.754. The lowest BCUT2D eigenvalue weighted by molar-refractivity contribution is -0.385. The first-order chi connectivity index (χ1) is 12.0. The number of anilines is 2. The van der Waals surface area contributed by atoms with Crippen molar-refractivity contribution in [1.82, 2.24) is 9.97 Å². The second kappa shape index (κ2) is 7.73. The molecule has 1 N–H and O–H groups in total. The van der Waals surface area contributed by atoms with Gasteiger partial charge in [-0.25, -0.2) is 9.37 Å². The van der Waals surface area contributed by atoms with Crippen molar-refractivity contribution in [2.45, 2.75) is 38.2 Å². The Hall–Kier alpha value is -2.29. The molecule has 1 fully saturated rings. The predicted octanol–water partition coefficient (Wildman–Crippen LogP) is 4.74. The molecule has 25 heavy (non-hydrogen) atoms. The molecule has 0 radical (unpaired) electrons. The molecule has 7 nitrogen and oxygen atoms in total. The number of ether oxygens (including phenoxy) is 1. The summed E-state index contributed by atoms with van der Waals surface area (Å²) in [7, 11) is 0. The van der Waals surface area contributed by atoms with Crippen molar-refractivity contribution in [2.75, 3.05) is 5.32 Å². The Kier molecular flexibility index (Phi) is 5.42. The van der Waals surface area contributed by atoms with E-state index in [0.717, 1.165) is 32.1 Å². The number of nitro groups is 1. The molecule has 0 aliphatic heterocycles. The molecule has 3 rings (SSSR count). The van der Waals surface area contributed by atoms with Crippen LogP contribution in [0, 0.1) is 15.9 Å². The Morgan fingerprint density at radius 2 is 2.04 bits per heavy atom. The summed E-state index contributed by atoms with van der Waals surface area (Å²) in [6.07, 6.45) is 5.94. The van der Waals surface area contributed by atoms with Crippen LogP contribution in [-0.4, -0.2) is 21.0 Å². The highest BCUT2D eigenvalue weighted by Crippen LogP contribution is 2.35. The maximum absolute atomic E-state index is 14.0. The van der Waals surface area contributed by atoms with Crippen LogP contribution >= 0.6 is 15.9 Å². The maximum Gasteiger partial charge on any atom is 0.373 e. The van der Waals surface area contributed by atoms with Crippen LogP contribution in [0.1, 0.15) is 32.1 Å². The number of rotatable bonds is 5. The molecule has 0 unspecified atom stereocenters. The monoisotopic (exact) mass is 410 g/mol. The van der Waals surface area contributed by atoms with Crippen molar-refractivity contribution >= 4 is 33.1 Å². The molecule has 132 valence electrons. The molecule has 0 spiro atoms. The molecule has 1 saturated carbocycles. The molecule has 0 amide bonds. The molecule has 1 aromatic carbocycles. The Labute approximate surface area is 151 Å². The van der Waals surface area contributed by atoms with Gasteiger partial charge in [0.15, 0.2) is 0 Å². The molecule has 0 saturated heterocycles. The van der Waals surface area contributed by atoms with Crippen molar-refractivity contribution in [3.63, 3.8) is 0 Å². The molecule has 1 aliphatic rings. The minimum atomic E-state index is -0.614. The largest absolute Gasteiger partial charge is 0.469 e. The Morgan fingerprint density at radius 3 is 2.72 bits per heavy atom. The molecular formula is C16H16BrFN4O3. The summed E-state index contributed by atoms with van der Waals surface area (Å²) < 4.78 is 20.3. The Bertz CT molecular complexity index is 784. The van der Waals surface area contributed by atoms with E-state index in [9.17, 15) is 14.5 Å². The van der Waals surface area contributed by atoms with Gasteiger partial charge in [-0.15, -0.1) is 0 Å². The lowest BCUT2D eigenvalue weighted by atomic mass is 9.98. The first-order valence-corrected chi connectivity index (χ1v) is 8.72. The van der Waals surface area contributed by atoms with Crippen LogP contribution in [0.4, 0.5) is 21.6 Å². The van der Waals surface area contributed by atoms with E-state index in [1.54, 1.807) is 6.07 Å². The zero-order valence-electron chi connectivity index (χ0n) is 13.2. The third kappa shape index (κ3) is 4.22. The lowest BCUT2D eigenvalue weighted by Crippen LogP contribution is -2.21. The second-order valence-electron chi connectivity index (χ2n) is 5.76. The summed E-state index contributed by atoms with van der Waals surface area (Å²) in [4.78, 5) is 18.7. The van der Waals surface area contributed by atoms with E-state index in [0.29, 0.717) is 4.47 Å². The van der Waals surface area contributed by atoms with E-state index >= 15 is 0 Å². The molecule has 0 atom stereocenters. The van der Waals surface area contributed by atoms with Crippen molar-refractivity contribution in [1.29, 1.82) is 0 Å². The van der Waals surface area contributed by atoms with E-state index < -0.39 is 16.4 Å². The Balaban J connectivity index is 1.90. The molecule has 1 heterocycles. The summed E-state index contributed by atoms with van der Waals surface area (Å²) in [6.45, 7) is 0. The second-order valence-corrected chi connectivity index (χ2v) is 6.68. The van der Waals surface area contributed by atoms with Gasteiger partial charge in [-0.3, -0.25) is 10.1 Å². The number of halogens is 2. The minimum Gasteiger partial charge on any atom is -0.469 e. The molecular weight excluding hydrogens is 395 g/mol. The van der Waals surface area contributed by atoms with Crippen molar-refractivity contribution < 1.29 is 14.1 Å². The average molecular weight is 411 g/mol. The van der Waals surface area contributed by atoms with Gasteiger partial charge in [0.25, 0.3) is 5.88 Å². The van der Waals surface area contributed by atoms with Crippen LogP contribution in [0.3, 0.4) is 0 Å². The summed E-state index contributed by atoms with van der Waals surface area (Å²) in [5, 5.41) is 14.2. The van der Waals surface area contributed by atoms with Crippen molar-refractivity contribution in [3.05, 3.63) is 44.9 Å². The first kappa shape index (κ1) is 17.5.